The van der Waals surface area contributed by atoms with Crippen LogP contribution in [0.2, 0.25) is 0 Å². The Morgan fingerprint density at radius 3 is 2.00 bits per heavy atom. The molecule has 0 bridgehead atoms. The summed E-state index contributed by atoms with van der Waals surface area (Å²) in [6.07, 6.45) is 13.5. The van der Waals surface area contributed by atoms with Gasteiger partial charge in [-0.05, 0) is 104 Å². The summed E-state index contributed by atoms with van der Waals surface area (Å²) in [6, 6.07) is 8.08. The van der Waals surface area contributed by atoms with Gasteiger partial charge in [0.1, 0.15) is 12.8 Å². The Bertz CT molecular complexity index is 2810. The normalized spacial score (nSPS) is 19.1. The van der Waals surface area contributed by atoms with E-state index in [-0.39, 0.29) is 53.8 Å². The Morgan fingerprint density at radius 2 is 1.39 bits per heavy atom. The summed E-state index contributed by atoms with van der Waals surface area (Å²) in [6.45, 7) is 8.20. The van der Waals surface area contributed by atoms with Crippen LogP contribution in [0.4, 0.5) is 11.4 Å². The number of unbranched alkanes of at least 4 members (excludes halogenated alkanes) is 3. The molecule has 5 rings (SSSR count). The lowest BCUT2D eigenvalue weighted by atomic mass is 9.74. The van der Waals surface area contributed by atoms with E-state index in [1.165, 1.54) is 41.3 Å². The van der Waals surface area contributed by atoms with E-state index in [0.29, 0.717) is 91.8 Å². The molecule has 2 aromatic carbocycles. The van der Waals surface area contributed by atoms with Crippen LogP contribution in [0.5, 0.6) is 0 Å². The van der Waals surface area contributed by atoms with Crippen molar-refractivity contribution in [1.29, 1.82) is 0 Å². The Morgan fingerprint density at radius 1 is 0.789 bits per heavy atom. The molecule has 396 valence electrons. The first-order valence-corrected chi connectivity index (χ1v) is 29.7. The zero-order valence-corrected chi connectivity index (χ0v) is 43.8. The molecule has 2 unspecified atom stereocenters. The number of carbonyl (C=O) groups is 2. The summed E-state index contributed by atoms with van der Waals surface area (Å²) in [5.41, 5.74) is 1.66. The Balaban J connectivity index is 1.29. The molecule has 2 atom stereocenters. The molecular weight excluding hydrogens is 1000 g/mol. The third-order valence-corrected chi connectivity index (χ3v) is 16.4. The molecule has 0 saturated carbocycles. The van der Waals surface area contributed by atoms with Crippen molar-refractivity contribution in [3.8, 4) is 0 Å². The van der Waals surface area contributed by atoms with Crippen LogP contribution in [-0.2, 0) is 65.6 Å². The molecule has 6 N–H and O–H groups in total. The first-order chi connectivity index (χ1) is 33.0. The number of likely N-dealkylation sites (tertiary alicyclic amines) is 1. The zero-order chi connectivity index (χ0) is 52.6. The first kappa shape index (κ1) is 57.7. The molecular formula is C47H68N4O16S4. The van der Waals surface area contributed by atoms with Gasteiger partial charge in [0.05, 0.1) is 21.3 Å². The van der Waals surface area contributed by atoms with Crippen molar-refractivity contribution in [3.05, 3.63) is 83.2 Å². The summed E-state index contributed by atoms with van der Waals surface area (Å²) in [5, 5.41) is 12.8. The van der Waals surface area contributed by atoms with E-state index in [2.05, 4.69) is 5.32 Å². The average Bonchev–Trinajstić information content (AvgIpc) is 3.69. The van der Waals surface area contributed by atoms with E-state index >= 15 is 0 Å². The number of rotatable bonds is 27. The van der Waals surface area contributed by atoms with E-state index in [4.69, 9.17) is 4.74 Å². The maximum atomic E-state index is 12.6. The minimum absolute atomic E-state index is 0.0157. The molecule has 1 saturated heterocycles. The molecule has 0 aromatic heterocycles. The van der Waals surface area contributed by atoms with Gasteiger partial charge in [0.25, 0.3) is 40.5 Å². The topological polar surface area (TPSA) is 303 Å². The molecule has 2 amide bonds. The molecule has 2 aromatic rings. The quantitative estimate of drug-likeness (QED) is 0.0484. The summed E-state index contributed by atoms with van der Waals surface area (Å²) in [5.74, 6) is -1.53. The number of hydrogen-bond acceptors (Lipinski definition) is 14. The number of nitrogens with one attached hydrogen (secondary N) is 1. The molecule has 24 heteroatoms. The number of fused-ring (bicyclic) bond motifs is 2. The summed E-state index contributed by atoms with van der Waals surface area (Å²) in [7, 11) is -17.9. The third-order valence-electron chi connectivity index (χ3n) is 13.3. The molecule has 3 heterocycles. The molecule has 0 spiro atoms. The first-order valence-electron chi connectivity index (χ1n) is 23.6. The van der Waals surface area contributed by atoms with Gasteiger partial charge >= 0.3 is 0 Å². The van der Waals surface area contributed by atoms with Crippen LogP contribution in [0.25, 0.3) is 0 Å². The lowest BCUT2D eigenvalue weighted by Gasteiger charge is -2.39. The predicted molar refractivity (Wildman–Crippen MR) is 267 cm³/mol. The smallest absolute Gasteiger partial charge is 0.294 e. The third kappa shape index (κ3) is 16.1. The lowest BCUT2D eigenvalue weighted by Crippen LogP contribution is -2.34. The Kier molecular flexibility index (Phi) is 19.3. The van der Waals surface area contributed by atoms with Gasteiger partial charge in [0, 0.05) is 79.7 Å². The number of allylic oxidation sites excluding steroid dienone is 5. The SMILES string of the molecule is CC1(C)C(/C=C/CC(CC/C=C2/N(CCS(=O)(=O)O)c3ccc(S(=O)(=O)O)cc3C2(C)C)CCCOCC(=O)NCCCCCCN2C(=O)CCC2O)=CN(CCS(=O)(=O)O)c2ccc(S(=O)(=O)O)cc21. The van der Waals surface area contributed by atoms with E-state index in [0.717, 1.165) is 25.7 Å². The van der Waals surface area contributed by atoms with E-state index < -0.39 is 69.0 Å². The molecule has 0 radical (unpaired) electrons. The highest BCUT2D eigenvalue weighted by molar-refractivity contribution is 7.86. The molecule has 71 heavy (non-hydrogen) atoms. The summed E-state index contributed by atoms with van der Waals surface area (Å²) < 4.78 is 141. The lowest BCUT2D eigenvalue weighted by molar-refractivity contribution is -0.133. The van der Waals surface area contributed by atoms with Crippen molar-refractivity contribution in [2.45, 2.75) is 125 Å². The van der Waals surface area contributed by atoms with Crippen molar-refractivity contribution in [2.75, 3.05) is 60.7 Å². The van der Waals surface area contributed by atoms with Crippen molar-refractivity contribution < 1.29 is 71.3 Å². The number of aliphatic hydroxyl groups is 1. The molecule has 20 nitrogen and oxygen atoms in total. The molecule has 3 aliphatic heterocycles. The maximum absolute atomic E-state index is 12.6. The van der Waals surface area contributed by atoms with Crippen LogP contribution in [0.1, 0.15) is 109 Å². The zero-order valence-electron chi connectivity index (χ0n) is 40.6. The van der Waals surface area contributed by atoms with Crippen LogP contribution >= 0.6 is 0 Å². The number of nitrogens with zero attached hydrogens (tertiary/aromatic N) is 3. The molecule has 1 fully saturated rings. The maximum Gasteiger partial charge on any atom is 0.294 e. The molecule has 3 aliphatic rings. The van der Waals surface area contributed by atoms with E-state index in [9.17, 15) is 66.6 Å². The summed E-state index contributed by atoms with van der Waals surface area (Å²) in [4.78, 5) is 28.6. The number of amides is 2. The second kappa shape index (κ2) is 23.7. The minimum Gasteiger partial charge on any atom is -0.374 e. The monoisotopic (exact) mass is 1070 g/mol. The van der Waals surface area contributed by atoms with Crippen molar-refractivity contribution >= 4 is 63.7 Å². The Hall–Kier alpha value is -4.24. The van der Waals surface area contributed by atoms with Gasteiger partial charge in [-0.3, -0.25) is 27.8 Å². The largest absolute Gasteiger partial charge is 0.374 e. The van der Waals surface area contributed by atoms with Gasteiger partial charge in [-0.1, -0.05) is 58.8 Å². The van der Waals surface area contributed by atoms with Gasteiger partial charge in [-0.2, -0.15) is 33.7 Å². The van der Waals surface area contributed by atoms with Gasteiger partial charge in [-0.25, -0.2) is 0 Å². The Labute approximate surface area is 418 Å². The number of ether oxygens (including phenoxy) is 1. The van der Waals surface area contributed by atoms with Crippen LogP contribution < -0.4 is 15.1 Å². The standard InChI is InChI=1S/C47H68N4O16S4/c1-46(2)35(32-49(25-28-68(55,56)57)40-19-17-36(30-38(40)46)70(61,62)63)15-9-12-34(14-11-27-67-33-43(52)48-23-7-5-6-8-24-51-44(53)21-22-45(51)54)13-10-16-42-47(3,4)39-31-37(71(64,65)66)18-20-41(39)50(42)26-29-69(58,59)60/h9,15-20,30-32,34,44,53H,5-8,10-14,21-29,33H2,1-4H3,(H,48,52)(H,55,56,57)(H,58,59,60)(H,61,62,63)(H,64,65,66)/b15-9+,42-16+. The van der Waals surface area contributed by atoms with Gasteiger partial charge in [0.2, 0.25) is 11.8 Å². The number of hydrogen-bond donors (Lipinski definition) is 6. The minimum atomic E-state index is -4.60. The van der Waals surface area contributed by atoms with Crippen LogP contribution in [0.15, 0.2) is 81.9 Å². The highest BCUT2D eigenvalue weighted by Gasteiger charge is 2.41. The average molecular weight is 1070 g/mol. The fraction of sp³-hybridized carbons (Fsp3) is 0.574. The van der Waals surface area contributed by atoms with Crippen LogP contribution in [0, 0.1) is 5.92 Å². The van der Waals surface area contributed by atoms with Gasteiger partial charge in [0.15, 0.2) is 0 Å². The number of benzene rings is 2. The number of carbonyl (C=O) groups excluding carboxylic acids is 2. The molecule has 0 aliphatic carbocycles. The van der Waals surface area contributed by atoms with Crippen LogP contribution in [-0.4, -0.2) is 131 Å². The fourth-order valence-corrected chi connectivity index (χ4v) is 11.2. The second-order valence-corrected chi connectivity index (χ2v) is 25.3. The van der Waals surface area contributed by atoms with Crippen molar-refractivity contribution in [2.24, 2.45) is 5.92 Å². The van der Waals surface area contributed by atoms with Crippen molar-refractivity contribution in [1.82, 2.24) is 10.2 Å². The van der Waals surface area contributed by atoms with Gasteiger partial charge < -0.3 is 29.9 Å². The van der Waals surface area contributed by atoms with E-state index in [1.807, 2.05) is 45.9 Å². The van der Waals surface area contributed by atoms with Crippen molar-refractivity contribution in [3.63, 3.8) is 0 Å². The highest BCUT2D eigenvalue weighted by Crippen LogP contribution is 2.49. The second-order valence-electron chi connectivity index (χ2n) is 19.3. The fourth-order valence-electron chi connectivity index (χ4n) is 9.35. The van der Waals surface area contributed by atoms with Crippen LogP contribution in [0.3, 0.4) is 0 Å². The van der Waals surface area contributed by atoms with Gasteiger partial charge in [-0.15, -0.1) is 0 Å². The highest BCUT2D eigenvalue weighted by atomic mass is 32.2. The number of anilines is 2. The predicted octanol–water partition coefficient (Wildman–Crippen LogP) is 5.38. The number of aliphatic hydroxyl groups excluding tert-OH is 1. The van der Waals surface area contributed by atoms with E-state index in [1.54, 1.807) is 16.0 Å². The summed E-state index contributed by atoms with van der Waals surface area (Å²) >= 11 is 0.